The molecule has 0 spiro atoms. The number of hydrogen-bond donors (Lipinski definition) is 1. The van der Waals surface area contributed by atoms with Crippen LogP contribution in [0.2, 0.25) is 0 Å². The maximum absolute atomic E-state index is 13.6. The topological polar surface area (TPSA) is 54.5 Å². The molecule has 0 saturated carbocycles. The first-order chi connectivity index (χ1) is 11.0. The molecule has 3 rings (SSSR count). The van der Waals surface area contributed by atoms with E-state index < -0.39 is 17.7 Å². The molecule has 0 aromatic carbocycles. The van der Waals surface area contributed by atoms with Gasteiger partial charge in [0, 0.05) is 32.1 Å². The van der Waals surface area contributed by atoms with Crippen molar-refractivity contribution in [3.05, 3.63) is 29.6 Å². The summed E-state index contributed by atoms with van der Waals surface area (Å²) in [6, 6.07) is 0.179. The number of morpholine rings is 1. The van der Waals surface area contributed by atoms with E-state index in [1.165, 1.54) is 0 Å². The van der Waals surface area contributed by atoms with Crippen molar-refractivity contribution in [3.63, 3.8) is 0 Å². The van der Waals surface area contributed by atoms with Crippen LogP contribution < -0.4 is 5.32 Å². The summed E-state index contributed by atoms with van der Waals surface area (Å²) in [5.74, 6) is -1.64. The van der Waals surface area contributed by atoms with Crippen molar-refractivity contribution >= 4 is 5.91 Å². The molecule has 2 aliphatic heterocycles. The molecular weight excluding hydrogens is 304 g/mol. The first-order valence-corrected chi connectivity index (χ1v) is 7.99. The SMILES string of the molecule is CC(NC(=O)CCN1CC2CCC(C1)O2)c1ncc(F)cc1F. The molecule has 5 nitrogen and oxygen atoms in total. The van der Waals surface area contributed by atoms with Gasteiger partial charge in [-0.05, 0) is 19.8 Å². The van der Waals surface area contributed by atoms with Gasteiger partial charge in [-0.3, -0.25) is 14.7 Å². The molecule has 2 aliphatic rings. The number of aromatic nitrogens is 1. The Hall–Kier alpha value is -1.60. The molecule has 126 valence electrons. The van der Waals surface area contributed by atoms with Crippen molar-refractivity contribution in [1.82, 2.24) is 15.2 Å². The summed E-state index contributed by atoms with van der Waals surface area (Å²) in [5, 5.41) is 2.71. The molecule has 23 heavy (non-hydrogen) atoms. The summed E-state index contributed by atoms with van der Waals surface area (Å²) in [6.07, 6.45) is 4.08. The third-order valence-electron chi connectivity index (χ3n) is 4.40. The highest BCUT2D eigenvalue weighted by molar-refractivity contribution is 5.76. The van der Waals surface area contributed by atoms with Gasteiger partial charge >= 0.3 is 0 Å². The number of ether oxygens (including phenoxy) is 1. The average molecular weight is 325 g/mol. The third-order valence-corrected chi connectivity index (χ3v) is 4.40. The standard InChI is InChI=1S/C16H21F2N3O2/c1-10(16-14(18)6-11(17)7-19-16)20-15(22)4-5-21-8-12-2-3-13(9-21)23-12/h6-7,10,12-13H,2-5,8-9H2,1H3,(H,20,22). The number of carbonyl (C=O) groups excluding carboxylic acids is 1. The van der Waals surface area contributed by atoms with Crippen LogP contribution in [-0.4, -0.2) is 47.6 Å². The Balaban J connectivity index is 1.47. The van der Waals surface area contributed by atoms with E-state index in [2.05, 4.69) is 15.2 Å². The summed E-state index contributed by atoms with van der Waals surface area (Å²) < 4.78 is 32.3. The highest BCUT2D eigenvalue weighted by Crippen LogP contribution is 2.26. The Kier molecular flexibility index (Phi) is 4.87. The van der Waals surface area contributed by atoms with E-state index in [9.17, 15) is 13.6 Å². The van der Waals surface area contributed by atoms with Crippen molar-refractivity contribution < 1.29 is 18.3 Å². The maximum atomic E-state index is 13.6. The number of nitrogens with zero attached hydrogens (tertiary/aromatic N) is 2. The molecule has 1 N–H and O–H groups in total. The fourth-order valence-corrected chi connectivity index (χ4v) is 3.27. The normalized spacial score (nSPS) is 25.3. The van der Waals surface area contributed by atoms with Crippen LogP contribution in [0.1, 0.15) is 37.9 Å². The molecule has 2 bridgehead atoms. The van der Waals surface area contributed by atoms with Gasteiger partial charge in [0.05, 0.1) is 30.1 Å². The number of halogens is 2. The summed E-state index contributed by atoms with van der Waals surface area (Å²) in [4.78, 5) is 18.0. The van der Waals surface area contributed by atoms with Gasteiger partial charge in [0.1, 0.15) is 11.6 Å². The smallest absolute Gasteiger partial charge is 0.221 e. The van der Waals surface area contributed by atoms with Gasteiger partial charge in [-0.25, -0.2) is 8.78 Å². The van der Waals surface area contributed by atoms with Crippen LogP contribution in [-0.2, 0) is 9.53 Å². The van der Waals surface area contributed by atoms with Crippen molar-refractivity contribution in [2.45, 2.75) is 44.4 Å². The lowest BCUT2D eigenvalue weighted by atomic mass is 10.2. The third kappa shape index (κ3) is 4.03. The van der Waals surface area contributed by atoms with Crippen molar-refractivity contribution in [2.24, 2.45) is 0 Å². The molecule has 3 atom stereocenters. The lowest BCUT2D eigenvalue weighted by molar-refractivity contribution is -0.122. The van der Waals surface area contributed by atoms with Gasteiger partial charge in [-0.2, -0.15) is 0 Å². The van der Waals surface area contributed by atoms with E-state index >= 15 is 0 Å². The second kappa shape index (κ2) is 6.88. The Labute approximate surface area is 134 Å². The second-order valence-electron chi connectivity index (χ2n) is 6.28. The second-order valence-corrected chi connectivity index (χ2v) is 6.28. The molecular formula is C16H21F2N3O2. The summed E-state index contributed by atoms with van der Waals surface area (Å²) in [6.45, 7) is 4.03. The summed E-state index contributed by atoms with van der Waals surface area (Å²) >= 11 is 0. The Morgan fingerprint density at radius 3 is 2.78 bits per heavy atom. The zero-order valence-electron chi connectivity index (χ0n) is 13.1. The van der Waals surface area contributed by atoms with E-state index in [1.807, 2.05) is 0 Å². The number of nitrogens with one attached hydrogen (secondary N) is 1. The molecule has 2 fully saturated rings. The molecule has 1 aromatic rings. The van der Waals surface area contributed by atoms with Crippen LogP contribution in [0.3, 0.4) is 0 Å². The zero-order chi connectivity index (χ0) is 16.4. The fraction of sp³-hybridized carbons (Fsp3) is 0.625. The van der Waals surface area contributed by atoms with E-state index in [1.54, 1.807) is 6.92 Å². The number of amides is 1. The van der Waals surface area contributed by atoms with E-state index in [0.29, 0.717) is 25.2 Å². The number of hydrogen-bond acceptors (Lipinski definition) is 4. The van der Waals surface area contributed by atoms with Gasteiger partial charge in [-0.1, -0.05) is 0 Å². The van der Waals surface area contributed by atoms with Crippen LogP contribution in [0, 0.1) is 11.6 Å². The summed E-state index contributed by atoms with van der Waals surface area (Å²) in [5.41, 5.74) is 0.0455. The minimum atomic E-state index is -0.748. The highest BCUT2D eigenvalue weighted by Gasteiger charge is 2.33. The number of pyridine rings is 1. The van der Waals surface area contributed by atoms with Gasteiger partial charge in [0.2, 0.25) is 5.91 Å². The Morgan fingerprint density at radius 2 is 2.13 bits per heavy atom. The fourth-order valence-electron chi connectivity index (χ4n) is 3.27. The first-order valence-electron chi connectivity index (χ1n) is 7.99. The summed E-state index contributed by atoms with van der Waals surface area (Å²) in [7, 11) is 0. The predicted molar refractivity (Wildman–Crippen MR) is 79.7 cm³/mol. The van der Waals surface area contributed by atoms with E-state index in [4.69, 9.17) is 4.74 Å². The quantitative estimate of drug-likeness (QED) is 0.897. The number of rotatable bonds is 5. The van der Waals surface area contributed by atoms with E-state index in [0.717, 1.165) is 38.2 Å². The molecule has 0 aliphatic carbocycles. The molecule has 3 heterocycles. The maximum Gasteiger partial charge on any atom is 0.221 e. The van der Waals surface area contributed by atoms with Crippen molar-refractivity contribution in [1.29, 1.82) is 0 Å². The zero-order valence-corrected chi connectivity index (χ0v) is 13.1. The van der Waals surface area contributed by atoms with Gasteiger partial charge < -0.3 is 10.1 Å². The number of fused-ring (bicyclic) bond motifs is 2. The molecule has 1 amide bonds. The first kappa shape index (κ1) is 16.3. The van der Waals surface area contributed by atoms with Crippen LogP contribution in [0.25, 0.3) is 0 Å². The number of likely N-dealkylation sites (tertiary alicyclic amines) is 1. The highest BCUT2D eigenvalue weighted by atomic mass is 19.1. The minimum absolute atomic E-state index is 0.0455. The molecule has 3 unspecified atom stereocenters. The lowest BCUT2D eigenvalue weighted by Gasteiger charge is -2.31. The van der Waals surface area contributed by atoms with Crippen LogP contribution in [0.5, 0.6) is 0 Å². The number of carbonyl (C=O) groups is 1. The van der Waals surface area contributed by atoms with Gasteiger partial charge in [0.25, 0.3) is 0 Å². The van der Waals surface area contributed by atoms with Crippen LogP contribution in [0.15, 0.2) is 12.3 Å². The molecule has 2 saturated heterocycles. The molecule has 1 aromatic heterocycles. The lowest BCUT2D eigenvalue weighted by Crippen LogP contribution is -2.44. The van der Waals surface area contributed by atoms with E-state index in [-0.39, 0.29) is 11.6 Å². The van der Waals surface area contributed by atoms with Gasteiger partial charge in [0.15, 0.2) is 0 Å². The minimum Gasteiger partial charge on any atom is -0.372 e. The Bertz CT molecular complexity index is 572. The van der Waals surface area contributed by atoms with Crippen LogP contribution >= 0.6 is 0 Å². The molecule has 7 heteroatoms. The predicted octanol–water partition coefficient (Wildman–Crippen LogP) is 1.79. The average Bonchev–Trinajstić information content (AvgIpc) is 2.83. The largest absolute Gasteiger partial charge is 0.372 e. The van der Waals surface area contributed by atoms with Crippen molar-refractivity contribution in [2.75, 3.05) is 19.6 Å². The van der Waals surface area contributed by atoms with Crippen molar-refractivity contribution in [3.8, 4) is 0 Å². The molecule has 0 radical (unpaired) electrons. The monoisotopic (exact) mass is 325 g/mol. The van der Waals surface area contributed by atoms with Gasteiger partial charge in [-0.15, -0.1) is 0 Å². The Morgan fingerprint density at radius 1 is 1.43 bits per heavy atom. The van der Waals surface area contributed by atoms with Crippen LogP contribution in [0.4, 0.5) is 8.78 Å².